The molecule has 1 aromatic carbocycles. The summed E-state index contributed by atoms with van der Waals surface area (Å²) in [5.74, 6) is 0.0439. The average molecular weight is 335 g/mol. The number of carbonyl (C=O) groups is 1. The van der Waals surface area contributed by atoms with Gasteiger partial charge in [0, 0.05) is 17.8 Å². The molecular weight excluding hydrogens is 316 g/mol. The second-order valence-electron chi connectivity index (χ2n) is 4.73. The van der Waals surface area contributed by atoms with Crippen molar-refractivity contribution in [2.75, 3.05) is 5.32 Å². The second kappa shape index (κ2) is 7.80. The lowest BCUT2D eigenvalue weighted by Crippen LogP contribution is -3.00. The Hall–Kier alpha value is -1.68. The largest absolute Gasteiger partial charge is 1.00 e. The van der Waals surface area contributed by atoms with E-state index in [1.54, 1.807) is 0 Å². The predicted molar refractivity (Wildman–Crippen MR) is 75.8 cm³/mol. The van der Waals surface area contributed by atoms with Crippen LogP contribution >= 0.6 is 0 Å². The Kier molecular flexibility index (Phi) is 6.39. The van der Waals surface area contributed by atoms with Crippen molar-refractivity contribution in [1.82, 2.24) is 0 Å². The van der Waals surface area contributed by atoms with Crippen LogP contribution in [0.3, 0.4) is 0 Å². The smallest absolute Gasteiger partial charge is 0.230 e. The third-order valence-electron chi connectivity index (χ3n) is 3.07. The number of para-hydroxylation sites is 1. The first-order valence-electron chi connectivity index (χ1n) is 6.46. The summed E-state index contributed by atoms with van der Waals surface area (Å²) < 4.78 is 2.02. The van der Waals surface area contributed by atoms with Gasteiger partial charge in [-0.3, -0.25) is 4.79 Å². The summed E-state index contributed by atoms with van der Waals surface area (Å²) in [6.07, 6.45) is 4.47. The molecule has 2 rings (SSSR count). The molecule has 0 bridgehead atoms. The number of benzene rings is 1. The number of carbonyl (C=O) groups excluding carboxylic acids is 1. The maximum absolute atomic E-state index is 11.9. The summed E-state index contributed by atoms with van der Waals surface area (Å²) in [6, 6.07) is 11.9. The van der Waals surface area contributed by atoms with E-state index >= 15 is 0 Å². The van der Waals surface area contributed by atoms with Crippen LogP contribution in [0.1, 0.15) is 17.5 Å². The van der Waals surface area contributed by atoms with Crippen molar-refractivity contribution in [3.05, 3.63) is 59.9 Å². The van der Waals surface area contributed by atoms with E-state index in [0.717, 1.165) is 11.3 Å². The summed E-state index contributed by atoms with van der Waals surface area (Å²) in [6.45, 7) is 4.73. The Morgan fingerprint density at radius 3 is 2.40 bits per heavy atom. The first-order chi connectivity index (χ1) is 9.15. The minimum atomic E-state index is 0. The fourth-order valence-electron chi connectivity index (χ4n) is 1.84. The maximum Gasteiger partial charge on any atom is 0.230 e. The molecule has 1 amide bonds. The van der Waals surface area contributed by atoms with Crippen molar-refractivity contribution in [2.45, 2.75) is 26.8 Å². The minimum absolute atomic E-state index is 0. The van der Waals surface area contributed by atoms with Crippen molar-refractivity contribution in [3.8, 4) is 0 Å². The molecule has 1 aromatic heterocycles. The average Bonchev–Trinajstić information content (AvgIpc) is 2.41. The number of hydrogen-bond donors (Lipinski definition) is 1. The molecule has 0 atom stereocenters. The highest BCUT2D eigenvalue weighted by Crippen LogP contribution is 2.13. The zero-order chi connectivity index (χ0) is 13.7. The molecule has 0 fully saturated rings. The van der Waals surface area contributed by atoms with Crippen molar-refractivity contribution in [2.24, 2.45) is 0 Å². The van der Waals surface area contributed by atoms with Crippen molar-refractivity contribution in [1.29, 1.82) is 0 Å². The number of anilines is 1. The van der Waals surface area contributed by atoms with Crippen LogP contribution in [0.5, 0.6) is 0 Å². The Morgan fingerprint density at radius 2 is 1.75 bits per heavy atom. The molecule has 1 heterocycles. The lowest BCUT2D eigenvalue weighted by atomic mass is 10.2. The molecule has 0 aliphatic rings. The Bertz CT molecular complexity index is 567. The number of halogens is 1. The fraction of sp³-hybridized carbons (Fsp3) is 0.250. The SMILES string of the molecule is Cc1cc[n+](CCC(=O)Nc2ccccc2C)cc1.[Br-]. The number of amides is 1. The first-order valence-corrected chi connectivity index (χ1v) is 6.46. The highest BCUT2D eigenvalue weighted by atomic mass is 79.9. The van der Waals surface area contributed by atoms with E-state index in [1.807, 2.05) is 60.3 Å². The molecule has 1 N–H and O–H groups in total. The van der Waals surface area contributed by atoms with Crippen LogP contribution in [0, 0.1) is 13.8 Å². The van der Waals surface area contributed by atoms with Crippen LogP contribution in [0.25, 0.3) is 0 Å². The summed E-state index contributed by atoms with van der Waals surface area (Å²) in [4.78, 5) is 11.9. The van der Waals surface area contributed by atoms with Crippen LogP contribution < -0.4 is 26.9 Å². The van der Waals surface area contributed by atoms with Gasteiger partial charge in [0.2, 0.25) is 5.91 Å². The van der Waals surface area contributed by atoms with Gasteiger partial charge >= 0.3 is 0 Å². The maximum atomic E-state index is 11.9. The van der Waals surface area contributed by atoms with Crippen LogP contribution in [0.2, 0.25) is 0 Å². The molecular formula is C16H19BrN2O. The molecule has 2 aromatic rings. The molecule has 0 spiro atoms. The molecule has 0 saturated heterocycles. The summed E-state index contributed by atoms with van der Waals surface area (Å²) in [7, 11) is 0. The van der Waals surface area contributed by atoms with Gasteiger partial charge in [-0.05, 0) is 31.0 Å². The van der Waals surface area contributed by atoms with Gasteiger partial charge in [0.1, 0.15) is 0 Å². The fourth-order valence-corrected chi connectivity index (χ4v) is 1.84. The van der Waals surface area contributed by atoms with Gasteiger partial charge in [0.05, 0.1) is 6.42 Å². The van der Waals surface area contributed by atoms with E-state index in [0.29, 0.717) is 13.0 Å². The van der Waals surface area contributed by atoms with E-state index in [4.69, 9.17) is 0 Å². The molecule has 0 aliphatic carbocycles. The highest BCUT2D eigenvalue weighted by Gasteiger charge is 2.07. The van der Waals surface area contributed by atoms with Crippen LogP contribution in [0.4, 0.5) is 5.69 Å². The molecule has 0 aliphatic heterocycles. The molecule has 106 valence electrons. The van der Waals surface area contributed by atoms with Crippen molar-refractivity contribution >= 4 is 11.6 Å². The standard InChI is InChI=1S/C16H18N2O.BrH/c1-13-7-10-18(11-8-13)12-9-16(19)17-15-6-4-3-5-14(15)2;/h3-8,10-11H,9,12H2,1-2H3;1H. The minimum Gasteiger partial charge on any atom is -1.00 e. The molecule has 0 radical (unpaired) electrons. The van der Waals surface area contributed by atoms with Gasteiger partial charge in [-0.25, -0.2) is 4.57 Å². The topological polar surface area (TPSA) is 33.0 Å². The lowest BCUT2D eigenvalue weighted by molar-refractivity contribution is -0.695. The van der Waals surface area contributed by atoms with E-state index in [1.165, 1.54) is 5.56 Å². The molecule has 0 unspecified atom stereocenters. The van der Waals surface area contributed by atoms with Gasteiger partial charge in [-0.15, -0.1) is 0 Å². The zero-order valence-electron chi connectivity index (χ0n) is 11.8. The lowest BCUT2D eigenvalue weighted by Gasteiger charge is -2.06. The number of nitrogens with one attached hydrogen (secondary N) is 1. The predicted octanol–water partition coefficient (Wildman–Crippen LogP) is -0.376. The van der Waals surface area contributed by atoms with E-state index < -0.39 is 0 Å². The molecule has 20 heavy (non-hydrogen) atoms. The third kappa shape index (κ3) is 4.78. The monoisotopic (exact) mass is 334 g/mol. The van der Waals surface area contributed by atoms with E-state index in [9.17, 15) is 4.79 Å². The number of rotatable bonds is 4. The van der Waals surface area contributed by atoms with Crippen molar-refractivity contribution in [3.63, 3.8) is 0 Å². The Balaban J connectivity index is 0.00000200. The number of nitrogens with zero attached hydrogens (tertiary/aromatic N) is 1. The molecule has 0 saturated carbocycles. The normalized spacial score (nSPS) is 9.70. The van der Waals surface area contributed by atoms with Crippen molar-refractivity contribution < 1.29 is 26.3 Å². The zero-order valence-corrected chi connectivity index (χ0v) is 13.4. The number of aryl methyl sites for hydroxylation is 3. The highest BCUT2D eigenvalue weighted by molar-refractivity contribution is 5.91. The molecule has 4 heteroatoms. The van der Waals surface area contributed by atoms with E-state index in [2.05, 4.69) is 12.2 Å². The Labute approximate surface area is 130 Å². The number of hydrogen-bond acceptors (Lipinski definition) is 1. The second-order valence-corrected chi connectivity index (χ2v) is 4.73. The van der Waals surface area contributed by atoms with Crippen LogP contribution in [-0.2, 0) is 11.3 Å². The number of aromatic nitrogens is 1. The molecule has 3 nitrogen and oxygen atoms in total. The Morgan fingerprint density at radius 1 is 1.10 bits per heavy atom. The van der Waals surface area contributed by atoms with E-state index in [-0.39, 0.29) is 22.9 Å². The van der Waals surface area contributed by atoms with Crippen LogP contribution in [-0.4, -0.2) is 5.91 Å². The van der Waals surface area contributed by atoms with Gasteiger partial charge in [0.25, 0.3) is 0 Å². The third-order valence-corrected chi connectivity index (χ3v) is 3.07. The quantitative estimate of drug-likeness (QED) is 0.760. The van der Waals surface area contributed by atoms with Gasteiger partial charge in [-0.1, -0.05) is 18.2 Å². The van der Waals surface area contributed by atoms with Gasteiger partial charge < -0.3 is 22.3 Å². The van der Waals surface area contributed by atoms with Gasteiger partial charge in [0.15, 0.2) is 18.9 Å². The van der Waals surface area contributed by atoms with Gasteiger partial charge in [-0.2, -0.15) is 0 Å². The number of pyridine rings is 1. The first kappa shape index (κ1) is 16.4. The van der Waals surface area contributed by atoms with Crippen LogP contribution in [0.15, 0.2) is 48.8 Å². The summed E-state index contributed by atoms with van der Waals surface area (Å²) >= 11 is 0. The summed E-state index contributed by atoms with van der Waals surface area (Å²) in [5.41, 5.74) is 3.20. The summed E-state index contributed by atoms with van der Waals surface area (Å²) in [5, 5.41) is 2.94.